The molecule has 2 unspecified atom stereocenters. The highest BCUT2D eigenvalue weighted by molar-refractivity contribution is 5.81. The molecule has 0 N–H and O–H groups in total. The highest BCUT2D eigenvalue weighted by Gasteiger charge is 2.33. The van der Waals surface area contributed by atoms with Gasteiger partial charge >= 0.3 is 11.9 Å². The van der Waals surface area contributed by atoms with Crippen molar-refractivity contribution in [3.63, 3.8) is 0 Å². The van der Waals surface area contributed by atoms with Crippen LogP contribution in [0.1, 0.15) is 40.5 Å². The zero-order valence-electron chi connectivity index (χ0n) is 11.1. The summed E-state index contributed by atoms with van der Waals surface area (Å²) in [5, 5.41) is 0. The lowest BCUT2D eigenvalue weighted by molar-refractivity contribution is -0.164. The topological polar surface area (TPSA) is 52.6 Å². The van der Waals surface area contributed by atoms with Crippen molar-refractivity contribution in [3.05, 3.63) is 0 Å². The Morgan fingerprint density at radius 2 is 2.06 bits per heavy atom. The first kappa shape index (κ1) is 14.0. The molecule has 1 fully saturated rings. The minimum absolute atomic E-state index is 0.136. The first-order valence-corrected chi connectivity index (χ1v) is 6.29. The molecule has 1 rings (SSSR count). The average Bonchev–Trinajstić information content (AvgIpc) is 2.60. The van der Waals surface area contributed by atoms with E-state index in [0.29, 0.717) is 18.9 Å². The van der Waals surface area contributed by atoms with E-state index in [9.17, 15) is 9.59 Å². The Balaban J connectivity index is 2.55. The number of ether oxygens (including phenoxy) is 2. The van der Waals surface area contributed by atoms with Gasteiger partial charge in [0, 0.05) is 6.42 Å². The van der Waals surface area contributed by atoms with Crippen molar-refractivity contribution in [2.75, 3.05) is 6.61 Å². The van der Waals surface area contributed by atoms with E-state index in [4.69, 9.17) is 9.47 Å². The lowest BCUT2D eigenvalue weighted by atomic mass is 9.88. The standard InChI is InChI=1S/C13H22O4/c1-8(2)7-10(9(3)4)12(14)17-11-5-6-16-13(11)15/h8-11H,5-7H2,1-4H3. The molecule has 1 aliphatic rings. The van der Waals surface area contributed by atoms with Crippen LogP contribution in [0.3, 0.4) is 0 Å². The average molecular weight is 242 g/mol. The number of hydrogen-bond acceptors (Lipinski definition) is 4. The van der Waals surface area contributed by atoms with Crippen LogP contribution >= 0.6 is 0 Å². The molecule has 0 aromatic carbocycles. The molecule has 0 saturated carbocycles. The van der Waals surface area contributed by atoms with Crippen LogP contribution in [0.25, 0.3) is 0 Å². The van der Waals surface area contributed by atoms with E-state index in [1.54, 1.807) is 0 Å². The highest BCUT2D eigenvalue weighted by Crippen LogP contribution is 2.23. The Labute approximate surface area is 103 Å². The van der Waals surface area contributed by atoms with Crippen LogP contribution in [0.4, 0.5) is 0 Å². The quantitative estimate of drug-likeness (QED) is 0.693. The second kappa shape index (κ2) is 6.03. The van der Waals surface area contributed by atoms with Crippen LogP contribution < -0.4 is 0 Å². The molecule has 2 atom stereocenters. The van der Waals surface area contributed by atoms with Gasteiger partial charge in [0.2, 0.25) is 6.10 Å². The minimum atomic E-state index is -0.684. The number of rotatable bonds is 5. The first-order chi connectivity index (χ1) is 7.91. The Morgan fingerprint density at radius 3 is 2.47 bits per heavy atom. The van der Waals surface area contributed by atoms with Gasteiger partial charge in [-0.25, -0.2) is 4.79 Å². The summed E-state index contributed by atoms with van der Waals surface area (Å²) < 4.78 is 10.0. The maximum Gasteiger partial charge on any atom is 0.347 e. The summed E-state index contributed by atoms with van der Waals surface area (Å²) in [7, 11) is 0. The highest BCUT2D eigenvalue weighted by atomic mass is 16.6. The summed E-state index contributed by atoms with van der Waals surface area (Å²) in [6, 6.07) is 0. The van der Waals surface area contributed by atoms with Crippen molar-refractivity contribution in [1.82, 2.24) is 0 Å². The zero-order chi connectivity index (χ0) is 13.0. The third kappa shape index (κ3) is 4.02. The van der Waals surface area contributed by atoms with Gasteiger partial charge in [0.1, 0.15) is 0 Å². The normalized spacial score (nSPS) is 21.8. The minimum Gasteiger partial charge on any atom is -0.463 e. The van der Waals surface area contributed by atoms with Crippen molar-refractivity contribution < 1.29 is 19.1 Å². The van der Waals surface area contributed by atoms with Crippen molar-refractivity contribution in [2.45, 2.75) is 46.6 Å². The van der Waals surface area contributed by atoms with Gasteiger partial charge in [-0.3, -0.25) is 4.79 Å². The smallest absolute Gasteiger partial charge is 0.347 e. The van der Waals surface area contributed by atoms with E-state index in [2.05, 4.69) is 13.8 Å². The van der Waals surface area contributed by atoms with Gasteiger partial charge in [-0.05, 0) is 18.3 Å². The van der Waals surface area contributed by atoms with Crippen molar-refractivity contribution in [1.29, 1.82) is 0 Å². The molecule has 0 spiro atoms. The van der Waals surface area contributed by atoms with Gasteiger partial charge in [0.15, 0.2) is 0 Å². The molecule has 0 bridgehead atoms. The Hall–Kier alpha value is -1.06. The summed E-state index contributed by atoms with van der Waals surface area (Å²) >= 11 is 0. The van der Waals surface area contributed by atoms with Crippen molar-refractivity contribution in [3.8, 4) is 0 Å². The lowest BCUT2D eigenvalue weighted by Crippen LogP contribution is -2.30. The molecule has 0 aliphatic carbocycles. The van der Waals surface area contributed by atoms with Crippen LogP contribution in [-0.2, 0) is 19.1 Å². The largest absolute Gasteiger partial charge is 0.463 e. The second-order valence-corrected chi connectivity index (χ2v) is 5.36. The molecule has 4 nitrogen and oxygen atoms in total. The fourth-order valence-corrected chi connectivity index (χ4v) is 1.96. The second-order valence-electron chi connectivity index (χ2n) is 5.36. The van der Waals surface area contributed by atoms with Gasteiger partial charge in [0.25, 0.3) is 0 Å². The summed E-state index contributed by atoms with van der Waals surface area (Å²) in [5.74, 6) is -0.154. The molecule has 0 radical (unpaired) electrons. The monoisotopic (exact) mass is 242 g/mol. The lowest BCUT2D eigenvalue weighted by Gasteiger charge is -2.22. The molecular formula is C13H22O4. The van der Waals surface area contributed by atoms with Crippen LogP contribution in [0.2, 0.25) is 0 Å². The number of hydrogen-bond donors (Lipinski definition) is 0. The molecule has 17 heavy (non-hydrogen) atoms. The number of carbonyl (C=O) groups is 2. The molecule has 4 heteroatoms. The molecule has 1 aliphatic heterocycles. The predicted octanol–water partition coefficient (Wildman–Crippen LogP) is 2.16. The number of esters is 2. The summed E-state index contributed by atoms with van der Waals surface area (Å²) in [6.45, 7) is 8.51. The summed E-state index contributed by atoms with van der Waals surface area (Å²) in [4.78, 5) is 23.2. The van der Waals surface area contributed by atoms with Crippen LogP contribution in [0, 0.1) is 17.8 Å². The van der Waals surface area contributed by atoms with E-state index >= 15 is 0 Å². The molecular weight excluding hydrogens is 220 g/mol. The van der Waals surface area contributed by atoms with Gasteiger partial charge < -0.3 is 9.47 Å². The fourth-order valence-electron chi connectivity index (χ4n) is 1.96. The van der Waals surface area contributed by atoms with Crippen molar-refractivity contribution in [2.24, 2.45) is 17.8 Å². The number of cyclic esters (lactones) is 1. The van der Waals surface area contributed by atoms with E-state index < -0.39 is 12.1 Å². The molecule has 1 heterocycles. The third-order valence-corrected chi connectivity index (χ3v) is 2.98. The van der Waals surface area contributed by atoms with E-state index in [1.807, 2.05) is 13.8 Å². The Kier molecular flexibility index (Phi) is 4.97. The maximum atomic E-state index is 12.0. The van der Waals surface area contributed by atoms with Crippen LogP contribution in [0.5, 0.6) is 0 Å². The zero-order valence-corrected chi connectivity index (χ0v) is 11.1. The summed E-state index contributed by atoms with van der Waals surface area (Å²) in [6.07, 6.45) is 0.589. The Morgan fingerprint density at radius 1 is 1.41 bits per heavy atom. The molecule has 1 saturated heterocycles. The van der Waals surface area contributed by atoms with E-state index in [-0.39, 0.29) is 17.8 Å². The summed E-state index contributed by atoms with van der Waals surface area (Å²) in [5.41, 5.74) is 0. The molecule has 0 aromatic rings. The van der Waals surface area contributed by atoms with Gasteiger partial charge in [-0.15, -0.1) is 0 Å². The van der Waals surface area contributed by atoms with Gasteiger partial charge in [0.05, 0.1) is 12.5 Å². The molecule has 98 valence electrons. The van der Waals surface area contributed by atoms with Crippen LogP contribution in [0.15, 0.2) is 0 Å². The van der Waals surface area contributed by atoms with Gasteiger partial charge in [-0.1, -0.05) is 27.7 Å². The SMILES string of the molecule is CC(C)CC(C(=O)OC1CCOC1=O)C(C)C. The van der Waals surface area contributed by atoms with E-state index in [1.165, 1.54) is 0 Å². The third-order valence-electron chi connectivity index (χ3n) is 2.98. The van der Waals surface area contributed by atoms with Gasteiger partial charge in [-0.2, -0.15) is 0 Å². The van der Waals surface area contributed by atoms with Crippen molar-refractivity contribution >= 4 is 11.9 Å². The van der Waals surface area contributed by atoms with E-state index in [0.717, 1.165) is 6.42 Å². The molecule has 0 aromatic heterocycles. The Bertz CT molecular complexity index is 283. The fraction of sp³-hybridized carbons (Fsp3) is 0.846. The first-order valence-electron chi connectivity index (χ1n) is 6.29. The van der Waals surface area contributed by atoms with Crippen LogP contribution in [-0.4, -0.2) is 24.6 Å². The maximum absolute atomic E-state index is 12.0. The molecule has 0 amide bonds. The predicted molar refractivity (Wildman–Crippen MR) is 63.2 cm³/mol. The number of carbonyl (C=O) groups excluding carboxylic acids is 2.